The number of sulfonamides is 1. The summed E-state index contributed by atoms with van der Waals surface area (Å²) in [5, 5.41) is 12.5. The Morgan fingerprint density at radius 2 is 1.93 bits per heavy atom. The third-order valence-corrected chi connectivity index (χ3v) is 10.1. The number of methoxy groups -OCH3 is 1. The Hall–Kier alpha value is -3.88. The number of hydrogen-bond donors (Lipinski definition) is 2. The lowest BCUT2D eigenvalue weighted by atomic mass is 9.87. The number of carbonyl (C=O) groups is 2. The van der Waals surface area contributed by atoms with Crippen molar-refractivity contribution in [2.24, 2.45) is 5.92 Å². The van der Waals surface area contributed by atoms with Gasteiger partial charge in [0.1, 0.15) is 16.6 Å². The first-order chi connectivity index (χ1) is 20.2. The first kappa shape index (κ1) is 29.6. The summed E-state index contributed by atoms with van der Waals surface area (Å²) in [6.07, 6.45) is 7.30. The van der Waals surface area contributed by atoms with Gasteiger partial charge in [-0.05, 0) is 36.1 Å². The van der Waals surface area contributed by atoms with Crippen molar-refractivity contribution >= 4 is 48.7 Å². The van der Waals surface area contributed by atoms with Gasteiger partial charge in [0, 0.05) is 12.6 Å². The highest BCUT2D eigenvalue weighted by atomic mass is 32.2. The molecule has 0 saturated heterocycles. The first-order valence-corrected chi connectivity index (χ1v) is 15.8. The number of ether oxygens (including phenoxy) is 1. The number of aromatic nitrogens is 3. The van der Waals surface area contributed by atoms with Crippen LogP contribution in [0.1, 0.15) is 55.9 Å². The zero-order valence-corrected chi connectivity index (χ0v) is 24.6. The number of benzene rings is 1. The van der Waals surface area contributed by atoms with E-state index in [4.69, 9.17) is 14.3 Å². The number of pyridine rings is 1. The highest BCUT2D eigenvalue weighted by molar-refractivity contribution is 7.89. The summed E-state index contributed by atoms with van der Waals surface area (Å²) in [6.45, 7) is -0.461. The highest BCUT2D eigenvalue weighted by Gasteiger charge is 2.30. The highest BCUT2D eigenvalue weighted by Crippen LogP contribution is 2.36. The van der Waals surface area contributed by atoms with E-state index in [1.165, 1.54) is 43.0 Å². The van der Waals surface area contributed by atoms with Crippen molar-refractivity contribution in [3.63, 3.8) is 0 Å². The molecule has 5 rings (SSSR count). The van der Waals surface area contributed by atoms with Crippen molar-refractivity contribution in [1.29, 1.82) is 0 Å². The Kier molecular flexibility index (Phi) is 9.14. The van der Waals surface area contributed by atoms with Crippen LogP contribution in [0.5, 0.6) is 5.88 Å². The minimum atomic E-state index is -4.08. The summed E-state index contributed by atoms with van der Waals surface area (Å²) in [4.78, 5) is 38.3. The number of nitrogens with one attached hydrogen (secondary N) is 1. The van der Waals surface area contributed by atoms with Gasteiger partial charge in [-0.1, -0.05) is 49.2 Å². The number of oxazole rings is 1. The summed E-state index contributed by atoms with van der Waals surface area (Å²) in [7, 11) is -2.55. The van der Waals surface area contributed by atoms with E-state index in [9.17, 15) is 18.0 Å². The topological polar surface area (TPSA) is 165 Å². The van der Waals surface area contributed by atoms with Crippen LogP contribution < -0.4 is 10.1 Å². The molecule has 14 heteroatoms. The van der Waals surface area contributed by atoms with Gasteiger partial charge in [0.05, 0.1) is 37.1 Å². The Morgan fingerprint density at radius 1 is 1.17 bits per heavy atom. The SMILES string of the molecule is COc1ccc2nc(NC(=O)[C@H](CC3CCCC3)c3ccc(S(=O)(=O)N(CCC(=O)O)Cc4ncco4)cc3)sc2n1. The Balaban J connectivity index is 1.38. The average Bonchev–Trinajstić information content (AvgIpc) is 3.76. The molecule has 1 amide bonds. The molecule has 0 unspecified atom stereocenters. The van der Waals surface area contributed by atoms with Crippen LogP contribution in [0, 0.1) is 5.92 Å². The van der Waals surface area contributed by atoms with Crippen LogP contribution in [0.15, 0.2) is 58.2 Å². The molecule has 1 fully saturated rings. The van der Waals surface area contributed by atoms with E-state index in [1.807, 2.05) is 0 Å². The number of rotatable bonds is 13. The Morgan fingerprint density at radius 3 is 2.60 bits per heavy atom. The second-order valence-electron chi connectivity index (χ2n) is 10.1. The smallest absolute Gasteiger partial charge is 0.304 e. The maximum Gasteiger partial charge on any atom is 0.304 e. The molecule has 0 spiro atoms. The molecule has 1 aliphatic rings. The standard InChI is InChI=1S/C28H31N5O7S2/c1-39-23-11-10-22-27(31-23)41-28(30-22)32-26(36)21(16-18-4-2-3-5-18)19-6-8-20(9-7-19)42(37,38)33(14-12-25(34)35)17-24-29-13-15-40-24/h6-11,13,15,18,21H,2-5,12,14,16-17H2,1H3,(H,34,35)(H,30,32,36)/t21-/m1/s1. The Bertz CT molecular complexity index is 1630. The zero-order valence-electron chi connectivity index (χ0n) is 22.9. The summed E-state index contributed by atoms with van der Waals surface area (Å²) in [6, 6.07) is 9.70. The monoisotopic (exact) mass is 613 g/mol. The lowest BCUT2D eigenvalue weighted by molar-refractivity contribution is -0.137. The number of nitrogens with zero attached hydrogens (tertiary/aromatic N) is 4. The van der Waals surface area contributed by atoms with Gasteiger partial charge in [-0.3, -0.25) is 9.59 Å². The number of amides is 1. The van der Waals surface area contributed by atoms with Crippen LogP contribution in [0.25, 0.3) is 10.3 Å². The van der Waals surface area contributed by atoms with E-state index in [1.54, 1.807) is 24.3 Å². The van der Waals surface area contributed by atoms with Crippen LogP contribution in [-0.2, 0) is 26.2 Å². The van der Waals surface area contributed by atoms with Gasteiger partial charge in [0.2, 0.25) is 27.7 Å². The fourth-order valence-corrected chi connectivity index (χ4v) is 7.36. The first-order valence-electron chi connectivity index (χ1n) is 13.6. The third kappa shape index (κ3) is 6.94. The number of carboxylic acid groups (broad SMARTS) is 1. The van der Waals surface area contributed by atoms with Crippen LogP contribution in [0.4, 0.5) is 5.13 Å². The minimum Gasteiger partial charge on any atom is -0.481 e. The van der Waals surface area contributed by atoms with Crippen molar-refractivity contribution in [3.05, 3.63) is 60.3 Å². The number of carbonyl (C=O) groups excluding carboxylic acids is 1. The lowest BCUT2D eigenvalue weighted by Gasteiger charge is -2.22. The molecule has 0 aliphatic heterocycles. The molecule has 4 aromatic rings. The number of carboxylic acids is 1. The molecule has 1 aliphatic carbocycles. The summed E-state index contributed by atoms with van der Waals surface area (Å²) in [5.74, 6) is -0.873. The molecule has 12 nitrogen and oxygen atoms in total. The molecule has 222 valence electrons. The number of anilines is 1. The van der Waals surface area contributed by atoms with Crippen LogP contribution in [-0.4, -0.2) is 58.3 Å². The lowest BCUT2D eigenvalue weighted by Crippen LogP contribution is -2.33. The summed E-state index contributed by atoms with van der Waals surface area (Å²) >= 11 is 1.25. The van der Waals surface area contributed by atoms with Crippen LogP contribution in [0.3, 0.4) is 0 Å². The van der Waals surface area contributed by atoms with Gasteiger partial charge in [-0.15, -0.1) is 0 Å². The maximum atomic E-state index is 13.6. The molecule has 3 aromatic heterocycles. The maximum absolute atomic E-state index is 13.6. The molecule has 2 N–H and O–H groups in total. The van der Waals surface area contributed by atoms with E-state index < -0.39 is 21.9 Å². The van der Waals surface area contributed by atoms with E-state index in [-0.39, 0.29) is 36.2 Å². The summed E-state index contributed by atoms with van der Waals surface area (Å²) < 4.78 is 38.4. The second kappa shape index (κ2) is 13.0. The van der Waals surface area contributed by atoms with Gasteiger partial charge in [-0.25, -0.2) is 23.4 Å². The number of thiazole rings is 1. The van der Waals surface area contributed by atoms with Gasteiger partial charge < -0.3 is 19.6 Å². The fourth-order valence-electron chi connectivity index (χ4n) is 5.14. The van der Waals surface area contributed by atoms with Gasteiger partial charge >= 0.3 is 5.97 Å². The molecule has 0 bridgehead atoms. The van der Waals surface area contributed by atoms with Crippen molar-refractivity contribution in [2.45, 2.75) is 55.9 Å². The van der Waals surface area contributed by atoms with E-state index in [0.717, 1.165) is 30.0 Å². The van der Waals surface area contributed by atoms with E-state index >= 15 is 0 Å². The molecule has 1 saturated carbocycles. The number of hydrogen-bond acceptors (Lipinski definition) is 10. The van der Waals surface area contributed by atoms with Crippen molar-refractivity contribution in [1.82, 2.24) is 19.3 Å². The van der Waals surface area contributed by atoms with Crippen LogP contribution in [0.2, 0.25) is 0 Å². The van der Waals surface area contributed by atoms with E-state index in [0.29, 0.717) is 39.3 Å². The van der Waals surface area contributed by atoms with Crippen molar-refractivity contribution in [2.75, 3.05) is 19.0 Å². The largest absolute Gasteiger partial charge is 0.481 e. The third-order valence-electron chi connectivity index (χ3n) is 7.32. The van der Waals surface area contributed by atoms with Gasteiger partial charge in [0.25, 0.3) is 0 Å². The normalized spacial score (nSPS) is 14.8. The minimum absolute atomic E-state index is 0.0191. The van der Waals surface area contributed by atoms with Gasteiger partial charge in [-0.2, -0.15) is 4.31 Å². The predicted octanol–water partition coefficient (Wildman–Crippen LogP) is 4.66. The Labute approximate surface area is 246 Å². The van der Waals surface area contributed by atoms with Crippen molar-refractivity contribution < 1.29 is 32.3 Å². The number of aliphatic carboxylic acids is 1. The molecule has 3 heterocycles. The predicted molar refractivity (Wildman–Crippen MR) is 155 cm³/mol. The van der Waals surface area contributed by atoms with Crippen molar-refractivity contribution in [3.8, 4) is 5.88 Å². The number of fused-ring (bicyclic) bond motifs is 1. The molecule has 1 aromatic carbocycles. The van der Waals surface area contributed by atoms with Gasteiger partial charge in [0.15, 0.2) is 5.13 Å². The molecular weight excluding hydrogens is 582 g/mol. The molecule has 1 atom stereocenters. The van der Waals surface area contributed by atoms with Crippen LogP contribution >= 0.6 is 11.3 Å². The second-order valence-corrected chi connectivity index (χ2v) is 13.0. The quantitative estimate of drug-likeness (QED) is 0.217. The molecular formula is C28H31N5O7S2. The molecule has 0 radical (unpaired) electrons. The fraction of sp³-hybridized carbons (Fsp3) is 0.393. The average molecular weight is 614 g/mol. The molecule has 42 heavy (non-hydrogen) atoms. The summed E-state index contributed by atoms with van der Waals surface area (Å²) in [5.41, 5.74) is 1.33. The zero-order chi connectivity index (χ0) is 29.7. The van der Waals surface area contributed by atoms with E-state index in [2.05, 4.69) is 20.3 Å².